The van der Waals surface area contributed by atoms with Gasteiger partial charge in [-0.2, -0.15) is 0 Å². The molecular weight excluding hydrogens is 411 g/mol. The summed E-state index contributed by atoms with van der Waals surface area (Å²) in [6.45, 7) is 1.56. The highest BCUT2D eigenvalue weighted by Crippen LogP contribution is 2.33. The van der Waals surface area contributed by atoms with E-state index in [1.54, 1.807) is 13.0 Å². The normalized spacial score (nSPS) is 11.5. The first-order valence-electron chi connectivity index (χ1n) is 7.90. The van der Waals surface area contributed by atoms with E-state index in [0.29, 0.717) is 5.56 Å². The zero-order valence-electron chi connectivity index (χ0n) is 15.1. The molecule has 0 bridgehead atoms. The molecule has 2 aromatic carbocycles. The number of esters is 1. The number of nitrogens with zero attached hydrogens (tertiary/aromatic N) is 1. The van der Waals surface area contributed by atoms with Crippen molar-refractivity contribution in [3.05, 3.63) is 61.6 Å². The van der Waals surface area contributed by atoms with Crippen molar-refractivity contribution in [3.63, 3.8) is 0 Å². The summed E-state index contributed by atoms with van der Waals surface area (Å²) in [5.74, 6) is -1.98. The zero-order valence-corrected chi connectivity index (χ0v) is 16.6. The van der Waals surface area contributed by atoms with Crippen LogP contribution in [0.1, 0.15) is 28.8 Å². The fourth-order valence-corrected chi connectivity index (χ4v) is 3.06. The van der Waals surface area contributed by atoms with Crippen molar-refractivity contribution >= 4 is 46.5 Å². The van der Waals surface area contributed by atoms with Gasteiger partial charge in [-0.3, -0.25) is 14.9 Å². The summed E-state index contributed by atoms with van der Waals surface area (Å²) < 4.78 is 9.64. The van der Waals surface area contributed by atoms with Gasteiger partial charge in [-0.05, 0) is 30.7 Å². The molecule has 0 radical (unpaired) electrons. The Morgan fingerprint density at radius 1 is 1.18 bits per heavy atom. The summed E-state index contributed by atoms with van der Waals surface area (Å²) in [5, 5.41) is 14.0. The number of nitro groups is 1. The van der Waals surface area contributed by atoms with Crippen molar-refractivity contribution in [2.24, 2.45) is 0 Å². The molecule has 148 valence electrons. The smallest absolute Gasteiger partial charge is 0.341 e. The molecular formula is C18H16Cl2N2O6. The highest BCUT2D eigenvalue weighted by molar-refractivity contribution is 6.37. The Bertz CT molecular complexity index is 948. The average Bonchev–Trinajstić information content (AvgIpc) is 2.65. The number of nitro benzene ring substituents is 1. The first-order valence-corrected chi connectivity index (χ1v) is 8.65. The molecule has 2 aromatic rings. The van der Waals surface area contributed by atoms with Gasteiger partial charge in [0.15, 0.2) is 5.75 Å². The third-order valence-corrected chi connectivity index (χ3v) is 4.51. The third kappa shape index (κ3) is 4.52. The Hall–Kier alpha value is -2.84. The molecule has 0 saturated carbocycles. The molecule has 2 rings (SSSR count). The van der Waals surface area contributed by atoms with Crippen LogP contribution in [-0.2, 0) is 9.53 Å². The van der Waals surface area contributed by atoms with Gasteiger partial charge in [0.1, 0.15) is 5.56 Å². The van der Waals surface area contributed by atoms with E-state index in [4.69, 9.17) is 27.9 Å². The Morgan fingerprint density at radius 3 is 2.43 bits per heavy atom. The lowest BCUT2D eigenvalue weighted by Crippen LogP contribution is -2.21. The number of methoxy groups -OCH3 is 2. The van der Waals surface area contributed by atoms with E-state index < -0.39 is 22.7 Å². The second-order valence-electron chi connectivity index (χ2n) is 5.70. The van der Waals surface area contributed by atoms with Crippen LogP contribution in [0.25, 0.3) is 0 Å². The molecule has 28 heavy (non-hydrogen) atoms. The standard InChI is InChI=1S/C18H16Cl2N2O6/c1-9(10-4-5-15(27-2)14(6-10)22(25)26)17(23)21-13-8-11(19)7-12(20)16(13)18(24)28-3/h4-9H,1-3H3,(H,21,23). The van der Waals surface area contributed by atoms with Crippen LogP contribution in [0.2, 0.25) is 10.0 Å². The molecule has 1 amide bonds. The number of carbonyl (C=O) groups excluding carboxylic acids is 2. The van der Waals surface area contributed by atoms with Crippen LogP contribution in [-0.4, -0.2) is 31.0 Å². The van der Waals surface area contributed by atoms with Crippen LogP contribution in [0.3, 0.4) is 0 Å². The second kappa shape index (κ2) is 8.90. The summed E-state index contributed by atoms with van der Waals surface area (Å²) >= 11 is 12.0. The predicted molar refractivity (Wildman–Crippen MR) is 104 cm³/mol. The summed E-state index contributed by atoms with van der Waals surface area (Å²) in [4.78, 5) is 35.3. The molecule has 0 aromatic heterocycles. The number of hydrogen-bond acceptors (Lipinski definition) is 6. The number of carbonyl (C=O) groups is 2. The van der Waals surface area contributed by atoms with Crippen molar-refractivity contribution in [2.75, 3.05) is 19.5 Å². The van der Waals surface area contributed by atoms with Crippen LogP contribution in [0.15, 0.2) is 30.3 Å². The third-order valence-electron chi connectivity index (χ3n) is 4.00. The lowest BCUT2D eigenvalue weighted by atomic mass is 9.99. The summed E-state index contributed by atoms with van der Waals surface area (Å²) in [5.41, 5.74) is 0.150. The minimum absolute atomic E-state index is 0.0161. The van der Waals surface area contributed by atoms with Crippen molar-refractivity contribution in [1.29, 1.82) is 0 Å². The van der Waals surface area contributed by atoms with E-state index in [9.17, 15) is 19.7 Å². The quantitative estimate of drug-likeness (QED) is 0.415. The van der Waals surface area contributed by atoms with Crippen LogP contribution in [0, 0.1) is 10.1 Å². The number of ether oxygens (including phenoxy) is 2. The minimum Gasteiger partial charge on any atom is -0.490 e. The van der Waals surface area contributed by atoms with Crippen LogP contribution >= 0.6 is 23.2 Å². The molecule has 10 heteroatoms. The van der Waals surface area contributed by atoms with Crippen molar-refractivity contribution in [3.8, 4) is 5.75 Å². The maximum atomic E-state index is 12.7. The van der Waals surface area contributed by atoms with Crippen LogP contribution in [0.5, 0.6) is 5.75 Å². The molecule has 0 saturated heterocycles. The van der Waals surface area contributed by atoms with Gasteiger partial charge in [0, 0.05) is 11.1 Å². The fraction of sp³-hybridized carbons (Fsp3) is 0.222. The van der Waals surface area contributed by atoms with E-state index in [1.165, 1.54) is 38.5 Å². The number of benzene rings is 2. The predicted octanol–water partition coefficient (Wildman–Crippen LogP) is 4.44. The van der Waals surface area contributed by atoms with Gasteiger partial charge in [0.25, 0.3) is 0 Å². The average molecular weight is 427 g/mol. The topological polar surface area (TPSA) is 108 Å². The van der Waals surface area contributed by atoms with Gasteiger partial charge in [-0.25, -0.2) is 4.79 Å². The molecule has 0 aliphatic heterocycles. The van der Waals surface area contributed by atoms with E-state index >= 15 is 0 Å². The van der Waals surface area contributed by atoms with E-state index in [1.807, 2.05) is 0 Å². The largest absolute Gasteiger partial charge is 0.490 e. The Balaban J connectivity index is 2.37. The van der Waals surface area contributed by atoms with Crippen molar-refractivity contribution in [2.45, 2.75) is 12.8 Å². The van der Waals surface area contributed by atoms with E-state index in [-0.39, 0.29) is 32.7 Å². The molecule has 0 aliphatic rings. The highest BCUT2D eigenvalue weighted by atomic mass is 35.5. The fourth-order valence-electron chi connectivity index (χ4n) is 2.49. The molecule has 1 atom stereocenters. The minimum atomic E-state index is -0.784. The summed E-state index contributed by atoms with van der Waals surface area (Å²) in [7, 11) is 2.49. The number of rotatable bonds is 6. The van der Waals surface area contributed by atoms with E-state index in [0.717, 1.165) is 0 Å². The molecule has 0 fully saturated rings. The Kier molecular flexibility index (Phi) is 6.82. The molecule has 1 unspecified atom stereocenters. The number of anilines is 1. The SMILES string of the molecule is COC(=O)c1c(Cl)cc(Cl)cc1NC(=O)C(C)c1ccc(OC)c([N+](=O)[O-])c1. The van der Waals surface area contributed by atoms with Gasteiger partial charge in [0.05, 0.1) is 35.8 Å². The maximum absolute atomic E-state index is 12.7. The highest BCUT2D eigenvalue weighted by Gasteiger charge is 2.24. The first kappa shape index (κ1) is 21.5. The Labute approximate surface area is 170 Å². The van der Waals surface area contributed by atoms with Crippen molar-refractivity contribution < 1.29 is 24.0 Å². The summed E-state index contributed by atoms with van der Waals surface area (Å²) in [6.07, 6.45) is 0. The molecule has 0 aliphatic carbocycles. The molecule has 1 N–H and O–H groups in total. The van der Waals surface area contributed by atoms with E-state index in [2.05, 4.69) is 10.1 Å². The number of hydrogen-bond donors (Lipinski definition) is 1. The van der Waals surface area contributed by atoms with Gasteiger partial charge >= 0.3 is 11.7 Å². The van der Waals surface area contributed by atoms with Gasteiger partial charge in [-0.1, -0.05) is 29.3 Å². The van der Waals surface area contributed by atoms with Crippen LogP contribution < -0.4 is 10.1 Å². The molecule has 0 heterocycles. The number of nitrogens with one attached hydrogen (secondary N) is 1. The maximum Gasteiger partial charge on any atom is 0.341 e. The monoisotopic (exact) mass is 426 g/mol. The lowest BCUT2D eigenvalue weighted by Gasteiger charge is -2.16. The van der Waals surface area contributed by atoms with Gasteiger partial charge in [-0.15, -0.1) is 0 Å². The first-order chi connectivity index (χ1) is 13.2. The number of amides is 1. The summed E-state index contributed by atoms with van der Waals surface area (Å²) in [6, 6.07) is 6.92. The van der Waals surface area contributed by atoms with Gasteiger partial charge < -0.3 is 14.8 Å². The zero-order chi connectivity index (χ0) is 21.0. The van der Waals surface area contributed by atoms with Gasteiger partial charge in [0.2, 0.25) is 5.91 Å². The van der Waals surface area contributed by atoms with Crippen molar-refractivity contribution in [1.82, 2.24) is 0 Å². The molecule has 8 nitrogen and oxygen atoms in total. The number of halogens is 2. The molecule has 0 spiro atoms. The lowest BCUT2D eigenvalue weighted by molar-refractivity contribution is -0.385. The Morgan fingerprint density at radius 2 is 1.86 bits per heavy atom. The van der Waals surface area contributed by atoms with Crippen LogP contribution in [0.4, 0.5) is 11.4 Å². The second-order valence-corrected chi connectivity index (χ2v) is 6.54.